The van der Waals surface area contributed by atoms with Crippen molar-refractivity contribution in [1.82, 2.24) is 20.4 Å². The molecule has 2 heterocycles. The first kappa shape index (κ1) is 15.9. The molecule has 5 nitrogen and oxygen atoms in total. The predicted octanol–water partition coefficient (Wildman–Crippen LogP) is 2.43. The van der Waals surface area contributed by atoms with Crippen LogP contribution in [0.3, 0.4) is 0 Å². The Bertz CT molecular complexity index is 631. The standard InChI is InChI=1S/C17H23N5S/c1-18-17(20-13-16-8-5-11-23-16)19-12-14-9-10-22(21-14)15-6-3-2-4-7-15/h2-4,6-7,9-10,16H,5,8,11-13H2,1H3,(H2,18,19,20). The summed E-state index contributed by atoms with van der Waals surface area (Å²) in [7, 11) is 1.81. The minimum absolute atomic E-state index is 0.664. The molecule has 1 atom stereocenters. The summed E-state index contributed by atoms with van der Waals surface area (Å²) in [6.45, 7) is 1.64. The van der Waals surface area contributed by atoms with Gasteiger partial charge in [0.2, 0.25) is 0 Å². The number of nitrogens with one attached hydrogen (secondary N) is 2. The Morgan fingerprint density at radius 2 is 2.17 bits per heavy atom. The highest BCUT2D eigenvalue weighted by molar-refractivity contribution is 8.00. The molecule has 1 aromatic heterocycles. The van der Waals surface area contributed by atoms with E-state index in [0.29, 0.717) is 11.8 Å². The largest absolute Gasteiger partial charge is 0.355 e. The third-order valence-corrected chi connectivity index (χ3v) is 5.24. The maximum Gasteiger partial charge on any atom is 0.191 e. The van der Waals surface area contributed by atoms with Crippen molar-refractivity contribution in [2.75, 3.05) is 19.3 Å². The van der Waals surface area contributed by atoms with Gasteiger partial charge in [0.25, 0.3) is 0 Å². The number of para-hydroxylation sites is 1. The summed E-state index contributed by atoms with van der Waals surface area (Å²) in [5.74, 6) is 2.13. The molecular formula is C17H23N5S. The molecular weight excluding hydrogens is 306 g/mol. The number of guanidine groups is 1. The Labute approximate surface area is 141 Å². The van der Waals surface area contributed by atoms with Crippen molar-refractivity contribution in [3.63, 3.8) is 0 Å². The summed E-state index contributed by atoms with van der Waals surface area (Å²) in [4.78, 5) is 4.28. The molecule has 0 amide bonds. The van der Waals surface area contributed by atoms with Crippen LogP contribution < -0.4 is 10.6 Å². The first-order chi connectivity index (χ1) is 11.3. The number of rotatable bonds is 5. The van der Waals surface area contributed by atoms with Gasteiger partial charge in [-0.25, -0.2) is 4.68 Å². The van der Waals surface area contributed by atoms with Crippen molar-refractivity contribution >= 4 is 17.7 Å². The molecule has 0 bridgehead atoms. The number of aliphatic imine (C=N–C) groups is 1. The van der Waals surface area contributed by atoms with E-state index in [0.717, 1.165) is 23.9 Å². The van der Waals surface area contributed by atoms with Crippen LogP contribution in [0.1, 0.15) is 18.5 Å². The Balaban J connectivity index is 1.50. The molecule has 122 valence electrons. The lowest BCUT2D eigenvalue weighted by Gasteiger charge is -2.14. The van der Waals surface area contributed by atoms with E-state index in [4.69, 9.17) is 0 Å². The second-order valence-corrected chi connectivity index (χ2v) is 6.94. The van der Waals surface area contributed by atoms with Gasteiger partial charge in [-0.1, -0.05) is 18.2 Å². The highest BCUT2D eigenvalue weighted by Gasteiger charge is 2.15. The van der Waals surface area contributed by atoms with E-state index in [1.54, 1.807) is 7.05 Å². The minimum atomic E-state index is 0.664. The summed E-state index contributed by atoms with van der Waals surface area (Å²) in [5.41, 5.74) is 2.06. The molecule has 1 aliphatic rings. The summed E-state index contributed by atoms with van der Waals surface area (Å²) in [6, 6.07) is 12.2. The maximum atomic E-state index is 4.59. The fourth-order valence-corrected chi connectivity index (χ4v) is 3.79. The van der Waals surface area contributed by atoms with Gasteiger partial charge in [-0.3, -0.25) is 4.99 Å². The van der Waals surface area contributed by atoms with E-state index in [1.807, 2.05) is 59.0 Å². The van der Waals surface area contributed by atoms with Crippen LogP contribution in [0.2, 0.25) is 0 Å². The van der Waals surface area contributed by atoms with Gasteiger partial charge in [-0.05, 0) is 36.8 Å². The quantitative estimate of drug-likeness (QED) is 0.653. The van der Waals surface area contributed by atoms with Gasteiger partial charge in [0.05, 0.1) is 17.9 Å². The molecule has 1 saturated heterocycles. The van der Waals surface area contributed by atoms with Gasteiger partial charge in [-0.15, -0.1) is 0 Å². The van der Waals surface area contributed by atoms with Crippen molar-refractivity contribution in [1.29, 1.82) is 0 Å². The third-order valence-electron chi connectivity index (χ3n) is 3.85. The van der Waals surface area contributed by atoms with Crippen LogP contribution >= 0.6 is 11.8 Å². The Morgan fingerprint density at radius 1 is 1.30 bits per heavy atom. The van der Waals surface area contributed by atoms with E-state index in [9.17, 15) is 0 Å². The zero-order valence-electron chi connectivity index (χ0n) is 13.4. The van der Waals surface area contributed by atoms with Crippen molar-refractivity contribution in [2.45, 2.75) is 24.6 Å². The lowest BCUT2D eigenvalue weighted by molar-refractivity contribution is 0.719. The highest BCUT2D eigenvalue weighted by atomic mass is 32.2. The minimum Gasteiger partial charge on any atom is -0.355 e. The highest BCUT2D eigenvalue weighted by Crippen LogP contribution is 2.25. The van der Waals surface area contributed by atoms with Crippen molar-refractivity contribution < 1.29 is 0 Å². The Hall–Kier alpha value is -1.95. The summed E-state index contributed by atoms with van der Waals surface area (Å²) in [6.07, 6.45) is 4.62. The Kier molecular flexibility index (Phi) is 5.58. The first-order valence-corrected chi connectivity index (χ1v) is 9.06. The molecule has 1 aromatic carbocycles. The number of aromatic nitrogens is 2. The van der Waals surface area contributed by atoms with Crippen molar-refractivity contribution in [2.24, 2.45) is 4.99 Å². The fraction of sp³-hybridized carbons (Fsp3) is 0.412. The van der Waals surface area contributed by atoms with E-state index >= 15 is 0 Å². The lowest BCUT2D eigenvalue weighted by Crippen LogP contribution is -2.39. The average molecular weight is 329 g/mol. The molecule has 1 aliphatic heterocycles. The zero-order valence-corrected chi connectivity index (χ0v) is 14.2. The normalized spacial score (nSPS) is 18.1. The van der Waals surface area contributed by atoms with Crippen LogP contribution in [0.5, 0.6) is 0 Å². The second kappa shape index (κ2) is 8.06. The summed E-state index contributed by atoms with van der Waals surface area (Å²) in [5, 5.41) is 12.0. The van der Waals surface area contributed by atoms with E-state index < -0.39 is 0 Å². The molecule has 0 aliphatic carbocycles. The van der Waals surface area contributed by atoms with E-state index in [1.165, 1.54) is 18.6 Å². The van der Waals surface area contributed by atoms with Crippen molar-refractivity contribution in [3.8, 4) is 5.69 Å². The molecule has 1 unspecified atom stereocenters. The van der Waals surface area contributed by atoms with Crippen LogP contribution in [-0.2, 0) is 6.54 Å². The molecule has 3 rings (SSSR count). The van der Waals surface area contributed by atoms with Gasteiger partial charge >= 0.3 is 0 Å². The third kappa shape index (κ3) is 4.51. The van der Waals surface area contributed by atoms with Crippen LogP contribution in [0, 0.1) is 0 Å². The van der Waals surface area contributed by atoms with Crippen LogP contribution in [-0.4, -0.2) is 40.3 Å². The molecule has 0 saturated carbocycles. The Morgan fingerprint density at radius 3 is 2.91 bits per heavy atom. The molecule has 2 N–H and O–H groups in total. The molecule has 0 spiro atoms. The zero-order chi connectivity index (χ0) is 15.9. The van der Waals surface area contributed by atoms with Crippen LogP contribution in [0.15, 0.2) is 47.6 Å². The number of hydrogen-bond donors (Lipinski definition) is 2. The SMILES string of the molecule is CN=C(NCc1ccn(-c2ccccc2)n1)NCC1CCCS1. The van der Waals surface area contributed by atoms with Gasteiger partial charge in [0.15, 0.2) is 5.96 Å². The number of benzene rings is 1. The van der Waals surface area contributed by atoms with E-state index in [2.05, 4.69) is 20.7 Å². The number of thioether (sulfide) groups is 1. The molecule has 6 heteroatoms. The predicted molar refractivity (Wildman–Crippen MR) is 97.2 cm³/mol. The summed E-state index contributed by atoms with van der Waals surface area (Å²) < 4.78 is 1.89. The van der Waals surface area contributed by atoms with Crippen LogP contribution in [0.4, 0.5) is 0 Å². The van der Waals surface area contributed by atoms with E-state index in [-0.39, 0.29) is 0 Å². The van der Waals surface area contributed by atoms with Crippen molar-refractivity contribution in [3.05, 3.63) is 48.3 Å². The summed E-state index contributed by atoms with van der Waals surface area (Å²) >= 11 is 2.05. The van der Waals surface area contributed by atoms with Crippen LogP contribution in [0.25, 0.3) is 5.69 Å². The smallest absolute Gasteiger partial charge is 0.191 e. The van der Waals surface area contributed by atoms with Gasteiger partial charge in [-0.2, -0.15) is 16.9 Å². The van der Waals surface area contributed by atoms with Gasteiger partial charge in [0, 0.05) is 25.0 Å². The molecule has 2 aromatic rings. The first-order valence-electron chi connectivity index (χ1n) is 8.01. The number of hydrogen-bond acceptors (Lipinski definition) is 3. The lowest BCUT2D eigenvalue weighted by atomic mass is 10.2. The topological polar surface area (TPSA) is 54.2 Å². The maximum absolute atomic E-state index is 4.59. The molecule has 1 fully saturated rings. The van der Waals surface area contributed by atoms with Gasteiger partial charge in [0.1, 0.15) is 0 Å². The molecule has 23 heavy (non-hydrogen) atoms. The number of nitrogens with zero attached hydrogens (tertiary/aromatic N) is 3. The second-order valence-electron chi connectivity index (χ2n) is 5.53. The monoisotopic (exact) mass is 329 g/mol. The molecule has 0 radical (unpaired) electrons. The van der Waals surface area contributed by atoms with Gasteiger partial charge < -0.3 is 10.6 Å². The average Bonchev–Trinajstić information content (AvgIpc) is 3.27. The fourth-order valence-electron chi connectivity index (χ4n) is 2.59.